The van der Waals surface area contributed by atoms with Crippen molar-refractivity contribution in [1.82, 2.24) is 14.8 Å². The average Bonchev–Trinajstić information content (AvgIpc) is 4.04. The highest BCUT2D eigenvalue weighted by molar-refractivity contribution is 8.00. The molecule has 20 heteroatoms. The molecule has 14 atom stereocenters. The molecular formula is C57H84Cl2N4O13S. The first-order valence-electron chi connectivity index (χ1n) is 27.7. The van der Waals surface area contributed by atoms with E-state index in [2.05, 4.69) is 9.88 Å². The van der Waals surface area contributed by atoms with Crippen molar-refractivity contribution < 1.29 is 62.5 Å². The molecule has 0 spiro atoms. The standard InChI is InChI=1S/C57H84Cl2N4O13S/c1-11-37-16-18-44(64)35(4)49(66)36(5)52(75-54-50(67)43(28-33(2)73-54)61(8)55(69)62-22-25-72-26-23-62)56(6,71-10)21-20-45(65)34(3)48-51(53(68)76-57(37,48)7)77-27-24-63(32-40-41(58)30-60-31-42(40)59)38-17-19-46(70-9)47(29-38)74-39-14-12-13-15-39/h17,19,29-31,33-37,39,43,48-52,54,66-67H,11-16,18,20-28,32H2,1-10H3/t33-,34+,35+,36+,37+,43+,48+,49-,50-,51+,52-,54?,56-,57-/m1/s1. The van der Waals surface area contributed by atoms with Gasteiger partial charge >= 0.3 is 12.0 Å². The fourth-order valence-corrected chi connectivity index (χ4v) is 14.6. The van der Waals surface area contributed by atoms with Gasteiger partial charge in [0.25, 0.3) is 0 Å². The second-order valence-corrected chi connectivity index (χ2v) is 24.5. The number of halogens is 2. The summed E-state index contributed by atoms with van der Waals surface area (Å²) in [4.78, 5) is 67.1. The maximum absolute atomic E-state index is 15.0. The number of urea groups is 1. The average molecular weight is 1140 g/mol. The van der Waals surface area contributed by atoms with E-state index in [4.69, 9.17) is 56.4 Å². The van der Waals surface area contributed by atoms with Crippen molar-refractivity contribution in [3.05, 3.63) is 46.2 Å². The zero-order chi connectivity index (χ0) is 55.9. The number of thioether (sulfide) groups is 1. The number of ether oxygens (including phenoxy) is 7. The molecule has 1 aromatic heterocycles. The Labute approximate surface area is 470 Å². The van der Waals surface area contributed by atoms with Crippen LogP contribution in [-0.2, 0) is 44.6 Å². The molecule has 0 bridgehead atoms. The molecule has 77 heavy (non-hydrogen) atoms. The number of morpholine rings is 1. The van der Waals surface area contributed by atoms with Gasteiger partial charge in [0, 0.05) is 112 Å². The van der Waals surface area contributed by atoms with Crippen LogP contribution in [-0.4, -0.2) is 168 Å². The SMILES string of the molecule is CC[C@H]1CCC(=O)[C@H](C)[C@@H](O)[C@H](C)[C@@H](OC2O[C@H](C)C[C@H](N(C)C(=O)N3CCOCC3)[C@H]2O)[C@](C)(OC)CCC(=O)[C@H](C)[C@H]2[C@H](SCCN(Cc3c(Cl)cncc3Cl)c3ccc(OC)c(OC4CCCC4)c3)C(=O)O[C@]12C. The van der Waals surface area contributed by atoms with Gasteiger partial charge in [-0.3, -0.25) is 19.4 Å². The van der Waals surface area contributed by atoms with Gasteiger partial charge in [-0.05, 0) is 90.2 Å². The normalized spacial score (nSPS) is 33.9. The molecule has 5 aliphatic rings. The van der Waals surface area contributed by atoms with Crippen LogP contribution in [0.3, 0.4) is 0 Å². The molecule has 3 saturated heterocycles. The second kappa shape index (κ2) is 26.9. The number of Topliss-reactive ketones (excluding diaryl/α,β-unsaturated/α-hetero) is 2. The molecule has 4 heterocycles. The lowest BCUT2D eigenvalue weighted by Crippen LogP contribution is -2.61. The molecule has 1 unspecified atom stereocenters. The van der Waals surface area contributed by atoms with Crippen molar-refractivity contribution in [2.75, 3.05) is 64.8 Å². The van der Waals surface area contributed by atoms with Gasteiger partial charge in [0.15, 0.2) is 17.8 Å². The van der Waals surface area contributed by atoms with Gasteiger partial charge in [0.2, 0.25) is 0 Å². The van der Waals surface area contributed by atoms with E-state index in [1.165, 1.54) is 23.8 Å². The zero-order valence-corrected chi connectivity index (χ0v) is 49.1. The van der Waals surface area contributed by atoms with E-state index in [1.807, 2.05) is 45.9 Å². The molecule has 7 rings (SSSR count). The number of amides is 2. The maximum Gasteiger partial charge on any atom is 0.320 e. The van der Waals surface area contributed by atoms with Gasteiger partial charge in [-0.25, -0.2) is 4.79 Å². The number of hydrogen-bond donors (Lipinski definition) is 2. The first-order valence-corrected chi connectivity index (χ1v) is 29.6. The predicted molar refractivity (Wildman–Crippen MR) is 296 cm³/mol. The Balaban J connectivity index is 1.16. The van der Waals surface area contributed by atoms with Crippen molar-refractivity contribution in [2.24, 2.45) is 29.6 Å². The van der Waals surface area contributed by atoms with E-state index in [9.17, 15) is 24.6 Å². The number of carbonyl (C=O) groups is 4. The fraction of sp³-hybridized carbons (Fsp3) is 0.737. The molecule has 2 saturated carbocycles. The molecule has 17 nitrogen and oxygen atoms in total. The molecule has 2 amide bonds. The quantitative estimate of drug-likeness (QED) is 0.160. The number of carbonyl (C=O) groups excluding carboxylic acids is 4. The Morgan fingerprint density at radius 2 is 1.61 bits per heavy atom. The highest BCUT2D eigenvalue weighted by atomic mass is 35.5. The van der Waals surface area contributed by atoms with Crippen LogP contribution >= 0.6 is 35.0 Å². The van der Waals surface area contributed by atoms with Gasteiger partial charge in [0.1, 0.15) is 28.5 Å². The number of likely N-dealkylation sites (N-methyl/N-ethyl adjacent to an activating group) is 1. The summed E-state index contributed by atoms with van der Waals surface area (Å²) in [5.74, 6) is -2.22. The molecular weight excluding hydrogens is 1050 g/mol. The van der Waals surface area contributed by atoms with E-state index in [1.54, 1.807) is 52.2 Å². The third kappa shape index (κ3) is 13.8. The van der Waals surface area contributed by atoms with E-state index >= 15 is 4.79 Å². The molecule has 2 aliphatic carbocycles. The minimum absolute atomic E-state index is 0.00543. The number of benzene rings is 1. The van der Waals surface area contributed by atoms with E-state index in [0.29, 0.717) is 91.5 Å². The lowest BCUT2D eigenvalue weighted by Gasteiger charge is -2.48. The number of hydrogen-bond acceptors (Lipinski definition) is 16. The van der Waals surface area contributed by atoms with Crippen LogP contribution in [0.1, 0.15) is 118 Å². The number of ketones is 2. The first kappa shape index (κ1) is 61.2. The summed E-state index contributed by atoms with van der Waals surface area (Å²) < 4.78 is 43.7. The highest BCUT2D eigenvalue weighted by Gasteiger charge is 2.59. The van der Waals surface area contributed by atoms with Crippen LogP contribution in [0.4, 0.5) is 10.5 Å². The van der Waals surface area contributed by atoms with Gasteiger partial charge in [-0.15, -0.1) is 11.8 Å². The lowest BCUT2D eigenvalue weighted by molar-refractivity contribution is -0.299. The summed E-state index contributed by atoms with van der Waals surface area (Å²) in [6, 6.07) is 4.90. The van der Waals surface area contributed by atoms with E-state index < -0.39 is 82.8 Å². The summed E-state index contributed by atoms with van der Waals surface area (Å²) in [7, 11) is 4.79. The number of aliphatic hydroxyl groups is 2. The Morgan fingerprint density at radius 1 is 0.935 bits per heavy atom. The minimum Gasteiger partial charge on any atom is -0.493 e. The van der Waals surface area contributed by atoms with Gasteiger partial charge in [-0.1, -0.05) is 50.9 Å². The van der Waals surface area contributed by atoms with Crippen LogP contribution < -0.4 is 14.4 Å². The molecule has 430 valence electrons. The minimum atomic E-state index is -1.30. The largest absolute Gasteiger partial charge is 0.493 e. The van der Waals surface area contributed by atoms with Crippen LogP contribution in [0.25, 0.3) is 0 Å². The number of esters is 1. The number of nitrogens with zero attached hydrogens (tertiary/aromatic N) is 4. The van der Waals surface area contributed by atoms with Crippen LogP contribution in [0, 0.1) is 29.6 Å². The smallest absolute Gasteiger partial charge is 0.320 e. The Hall–Kier alpha value is -3.46. The van der Waals surface area contributed by atoms with Crippen LogP contribution in [0.2, 0.25) is 10.0 Å². The van der Waals surface area contributed by atoms with Crippen LogP contribution in [0.15, 0.2) is 30.6 Å². The molecule has 3 aliphatic heterocycles. The Bertz CT molecular complexity index is 2320. The fourth-order valence-electron chi connectivity index (χ4n) is 12.6. The van der Waals surface area contributed by atoms with Gasteiger partial charge in [-0.2, -0.15) is 0 Å². The molecule has 2 N–H and O–H groups in total. The highest BCUT2D eigenvalue weighted by Crippen LogP contribution is 2.51. The number of anilines is 1. The lowest BCUT2D eigenvalue weighted by atomic mass is 9.68. The van der Waals surface area contributed by atoms with Crippen molar-refractivity contribution in [3.8, 4) is 11.5 Å². The maximum atomic E-state index is 15.0. The number of rotatable bonds is 15. The Kier molecular flexibility index (Phi) is 21.3. The summed E-state index contributed by atoms with van der Waals surface area (Å²) in [6.07, 6.45) is 3.56. The summed E-state index contributed by atoms with van der Waals surface area (Å²) in [5.41, 5.74) is -0.888. The zero-order valence-electron chi connectivity index (χ0n) is 46.8. The number of methoxy groups -OCH3 is 2. The number of pyridine rings is 1. The second-order valence-electron chi connectivity index (χ2n) is 22.5. The predicted octanol–water partition coefficient (Wildman–Crippen LogP) is 8.80. The van der Waals surface area contributed by atoms with Crippen molar-refractivity contribution in [2.45, 2.75) is 179 Å². The molecule has 2 aromatic rings. The summed E-state index contributed by atoms with van der Waals surface area (Å²) >= 11 is 14.9. The number of fused-ring (bicyclic) bond motifs is 1. The molecule has 1 aromatic carbocycles. The first-order chi connectivity index (χ1) is 36.7. The van der Waals surface area contributed by atoms with Crippen molar-refractivity contribution in [3.63, 3.8) is 0 Å². The number of aromatic nitrogens is 1. The van der Waals surface area contributed by atoms with E-state index in [0.717, 1.165) is 31.4 Å². The van der Waals surface area contributed by atoms with Gasteiger partial charge < -0.3 is 58.1 Å². The third-order valence-corrected chi connectivity index (χ3v) is 19.6. The van der Waals surface area contributed by atoms with Gasteiger partial charge in [0.05, 0.1) is 66.4 Å². The summed E-state index contributed by atoms with van der Waals surface area (Å²) in [6.45, 7) is 15.4. The molecule has 0 radical (unpaired) electrons. The van der Waals surface area contributed by atoms with Crippen LogP contribution in [0.5, 0.6) is 11.5 Å². The third-order valence-electron chi connectivity index (χ3n) is 17.6. The topological polar surface area (TPSA) is 196 Å². The Morgan fingerprint density at radius 3 is 2.26 bits per heavy atom. The van der Waals surface area contributed by atoms with Crippen molar-refractivity contribution >= 4 is 64.2 Å². The van der Waals surface area contributed by atoms with Crippen molar-refractivity contribution in [1.29, 1.82) is 0 Å². The molecule has 5 fully saturated rings. The van der Waals surface area contributed by atoms with E-state index in [-0.39, 0.29) is 48.9 Å². The monoisotopic (exact) mass is 1130 g/mol. The summed E-state index contributed by atoms with van der Waals surface area (Å²) in [5, 5.41) is 24.3. The number of aliphatic hydroxyl groups excluding tert-OH is 2.